The fraction of sp³-hybridized carbons (Fsp3) is 0.0877. The highest BCUT2D eigenvalue weighted by atomic mass is 15.1. The third-order valence-electron chi connectivity index (χ3n) is 11.4. The zero-order valence-corrected chi connectivity index (χ0v) is 33.3. The first-order valence-electron chi connectivity index (χ1n) is 20.6. The van der Waals surface area contributed by atoms with Crippen molar-refractivity contribution in [1.29, 1.82) is 0 Å². The molecule has 0 unspecified atom stereocenters. The number of nitrogens with zero attached hydrogens (tertiary/aromatic N) is 1. The molecule has 0 N–H and O–H groups in total. The lowest BCUT2D eigenvalue weighted by atomic mass is 9.85. The van der Waals surface area contributed by atoms with Gasteiger partial charge in [-0.25, -0.2) is 0 Å². The highest BCUT2D eigenvalue weighted by molar-refractivity contribution is 6.04. The van der Waals surface area contributed by atoms with E-state index in [0.717, 1.165) is 36.3 Å². The summed E-state index contributed by atoms with van der Waals surface area (Å²) < 4.78 is 0. The van der Waals surface area contributed by atoms with Crippen LogP contribution in [0.3, 0.4) is 0 Å². The Labute approximate surface area is 343 Å². The van der Waals surface area contributed by atoms with E-state index >= 15 is 0 Å². The Morgan fingerprint density at radius 3 is 1.69 bits per heavy atom. The van der Waals surface area contributed by atoms with E-state index < -0.39 is 0 Å². The van der Waals surface area contributed by atoms with Crippen molar-refractivity contribution in [3.8, 4) is 44.5 Å². The highest BCUT2D eigenvalue weighted by Crippen LogP contribution is 2.44. The lowest BCUT2D eigenvalue weighted by molar-refractivity contribution is 0.997. The maximum atomic E-state index is 2.42. The average Bonchev–Trinajstić information content (AvgIpc) is 3.30. The second kappa shape index (κ2) is 16.6. The molecule has 8 aromatic rings. The summed E-state index contributed by atoms with van der Waals surface area (Å²) >= 11 is 0. The largest absolute Gasteiger partial charge is 0.310 e. The summed E-state index contributed by atoms with van der Waals surface area (Å²) in [6.45, 7) is 4.27. The molecule has 0 saturated heterocycles. The van der Waals surface area contributed by atoms with Crippen molar-refractivity contribution < 1.29 is 0 Å². The van der Waals surface area contributed by atoms with Crippen molar-refractivity contribution in [1.82, 2.24) is 0 Å². The van der Waals surface area contributed by atoms with E-state index in [1.54, 1.807) is 0 Å². The van der Waals surface area contributed by atoms with Gasteiger partial charge in [0.2, 0.25) is 0 Å². The van der Waals surface area contributed by atoms with Crippen LogP contribution in [0, 0.1) is 0 Å². The summed E-state index contributed by atoms with van der Waals surface area (Å²) in [6.07, 6.45) is 14.4. The molecule has 0 amide bonds. The Bertz CT molecular complexity index is 2770. The van der Waals surface area contributed by atoms with Gasteiger partial charge in [0.15, 0.2) is 0 Å². The van der Waals surface area contributed by atoms with Gasteiger partial charge in [0.25, 0.3) is 0 Å². The van der Waals surface area contributed by atoms with Crippen molar-refractivity contribution in [2.24, 2.45) is 0 Å². The first-order valence-corrected chi connectivity index (χ1v) is 20.6. The predicted octanol–water partition coefficient (Wildman–Crippen LogP) is 16.3. The summed E-state index contributed by atoms with van der Waals surface area (Å²) in [5, 5.41) is 2.66. The van der Waals surface area contributed by atoms with Crippen molar-refractivity contribution in [3.63, 3.8) is 0 Å². The van der Waals surface area contributed by atoms with Crippen molar-refractivity contribution in [3.05, 3.63) is 223 Å². The zero-order chi connectivity index (χ0) is 39.3. The Kier molecular flexibility index (Phi) is 10.5. The molecule has 0 aliphatic heterocycles. The smallest absolute Gasteiger partial charge is 0.0468 e. The molecule has 0 spiro atoms. The van der Waals surface area contributed by atoms with Gasteiger partial charge in [0.1, 0.15) is 0 Å². The molecular weight excluding hydrogens is 699 g/mol. The van der Waals surface area contributed by atoms with Crippen LogP contribution in [-0.4, -0.2) is 0 Å². The van der Waals surface area contributed by atoms with Crippen LogP contribution in [0.5, 0.6) is 0 Å². The minimum atomic E-state index is 1.03. The second-order valence-corrected chi connectivity index (χ2v) is 15.0. The number of hydrogen-bond donors (Lipinski definition) is 0. The van der Waals surface area contributed by atoms with Crippen LogP contribution < -0.4 is 4.90 Å². The number of hydrogen-bond acceptors (Lipinski definition) is 1. The minimum absolute atomic E-state index is 1.03. The summed E-state index contributed by atoms with van der Waals surface area (Å²) in [7, 11) is 0. The fourth-order valence-corrected chi connectivity index (χ4v) is 8.45. The quantitative estimate of drug-likeness (QED) is 0.126. The number of fused-ring (bicyclic) bond motifs is 3. The molecule has 0 fully saturated rings. The van der Waals surface area contributed by atoms with E-state index in [4.69, 9.17) is 0 Å². The van der Waals surface area contributed by atoms with Gasteiger partial charge in [0.05, 0.1) is 0 Å². The average molecular weight is 746 g/mol. The number of rotatable bonds is 10. The molecule has 8 aromatic carbocycles. The molecule has 280 valence electrons. The third kappa shape index (κ3) is 7.36. The normalized spacial score (nSPS) is 12.6. The molecule has 1 aliphatic carbocycles. The Morgan fingerprint density at radius 1 is 0.517 bits per heavy atom. The van der Waals surface area contributed by atoms with E-state index in [0.29, 0.717) is 0 Å². The number of aryl methyl sites for hydroxylation is 1. The summed E-state index contributed by atoms with van der Waals surface area (Å²) in [6, 6.07) is 66.8. The Morgan fingerprint density at radius 2 is 1.07 bits per heavy atom. The van der Waals surface area contributed by atoms with Gasteiger partial charge in [-0.15, -0.1) is 0 Å². The van der Waals surface area contributed by atoms with Gasteiger partial charge < -0.3 is 4.90 Å². The lowest BCUT2D eigenvalue weighted by Gasteiger charge is -2.27. The summed E-state index contributed by atoms with van der Waals surface area (Å²) in [5.74, 6) is 0. The Hall–Kier alpha value is -6.96. The van der Waals surface area contributed by atoms with Crippen LogP contribution >= 0.6 is 0 Å². The molecule has 0 atom stereocenters. The van der Waals surface area contributed by atoms with Crippen LogP contribution in [0.25, 0.3) is 66.9 Å². The second-order valence-electron chi connectivity index (χ2n) is 15.0. The highest BCUT2D eigenvalue weighted by Gasteiger charge is 2.20. The summed E-state index contributed by atoms with van der Waals surface area (Å²) in [4.78, 5) is 2.39. The standard InChI is InChI=1S/C57H47N/c1-3-5-16-41(4-2)43-25-27-44(28-26-43)46-31-35-50(36-32-46)58(49-33-29-45(30-34-49)42-17-8-6-9-18-42)51-37-38-55(56(40-51)47-19-10-7-11-20-47)57-39-48-21-12-13-22-52(48)53-23-14-15-24-54(53)57/h4-12,14-21,23-40H,3,13,22H2,1-2H3/b16-5-,41-4+. The molecule has 1 aliphatic rings. The van der Waals surface area contributed by atoms with Gasteiger partial charge in [-0.1, -0.05) is 177 Å². The van der Waals surface area contributed by atoms with E-state index in [1.165, 1.54) is 77.5 Å². The van der Waals surface area contributed by atoms with Gasteiger partial charge in [-0.05, 0) is 146 Å². The molecule has 0 bridgehead atoms. The van der Waals surface area contributed by atoms with Crippen molar-refractivity contribution >= 4 is 39.5 Å². The van der Waals surface area contributed by atoms with E-state index in [9.17, 15) is 0 Å². The van der Waals surface area contributed by atoms with Crippen LogP contribution in [0.2, 0.25) is 0 Å². The summed E-state index contributed by atoms with van der Waals surface area (Å²) in [5.41, 5.74) is 18.3. The predicted molar refractivity (Wildman–Crippen MR) is 251 cm³/mol. The number of allylic oxidation sites excluding steroid dienone is 5. The first kappa shape index (κ1) is 36.7. The molecular formula is C57H47N. The molecule has 9 rings (SSSR count). The monoisotopic (exact) mass is 745 g/mol. The van der Waals surface area contributed by atoms with Gasteiger partial charge in [0, 0.05) is 17.1 Å². The molecule has 58 heavy (non-hydrogen) atoms. The minimum Gasteiger partial charge on any atom is -0.310 e. The first-order chi connectivity index (χ1) is 28.7. The molecule has 1 nitrogen and oxygen atoms in total. The van der Waals surface area contributed by atoms with Gasteiger partial charge >= 0.3 is 0 Å². The van der Waals surface area contributed by atoms with E-state index in [-0.39, 0.29) is 0 Å². The fourth-order valence-electron chi connectivity index (χ4n) is 8.45. The van der Waals surface area contributed by atoms with Crippen LogP contribution in [-0.2, 0) is 6.42 Å². The van der Waals surface area contributed by atoms with Crippen molar-refractivity contribution in [2.45, 2.75) is 33.1 Å². The van der Waals surface area contributed by atoms with E-state index in [2.05, 4.69) is 231 Å². The number of benzene rings is 8. The zero-order valence-electron chi connectivity index (χ0n) is 33.3. The van der Waals surface area contributed by atoms with Gasteiger partial charge in [-0.2, -0.15) is 0 Å². The molecule has 0 heterocycles. The topological polar surface area (TPSA) is 3.24 Å². The van der Waals surface area contributed by atoms with Crippen LogP contribution in [0.4, 0.5) is 17.1 Å². The third-order valence-corrected chi connectivity index (χ3v) is 11.4. The number of anilines is 3. The maximum absolute atomic E-state index is 2.42. The van der Waals surface area contributed by atoms with Crippen molar-refractivity contribution in [2.75, 3.05) is 4.90 Å². The maximum Gasteiger partial charge on any atom is 0.0468 e. The van der Waals surface area contributed by atoms with E-state index in [1.807, 2.05) is 0 Å². The Balaban J connectivity index is 1.17. The van der Waals surface area contributed by atoms with Crippen LogP contribution in [0.15, 0.2) is 206 Å². The van der Waals surface area contributed by atoms with Crippen LogP contribution in [0.1, 0.15) is 43.4 Å². The van der Waals surface area contributed by atoms with Gasteiger partial charge in [-0.3, -0.25) is 0 Å². The SMILES string of the molecule is C/C=C(\C=C/CC)c1ccc(-c2ccc(N(c3ccc(-c4ccccc4)cc3)c3ccc(-c4cc5c(c6ccccc46)CCC=C5)c(-c4ccccc4)c3)cc2)cc1. The molecule has 0 radical (unpaired) electrons. The molecule has 1 heteroatoms. The molecule has 0 saturated carbocycles. The molecule has 0 aromatic heterocycles. The lowest BCUT2D eigenvalue weighted by Crippen LogP contribution is -2.10.